The van der Waals surface area contributed by atoms with Gasteiger partial charge >= 0.3 is 0 Å². The number of rotatable bonds is 7. The third-order valence-corrected chi connectivity index (χ3v) is 4.61. The minimum atomic E-state index is -0.298. The van der Waals surface area contributed by atoms with Crippen molar-refractivity contribution in [2.45, 2.75) is 25.4 Å². The predicted octanol–water partition coefficient (Wildman–Crippen LogP) is 1.31. The molecule has 3 rings (SSSR count). The number of carbonyl (C=O) groups excluding carboxylic acids is 2. The smallest absolute Gasteiger partial charge is 0.289 e. The molecule has 1 unspecified atom stereocenters. The summed E-state index contributed by atoms with van der Waals surface area (Å²) in [6.45, 7) is 1.99. The fourth-order valence-electron chi connectivity index (χ4n) is 2.93. The van der Waals surface area contributed by atoms with E-state index in [-0.39, 0.29) is 23.6 Å². The van der Waals surface area contributed by atoms with E-state index in [1.54, 1.807) is 35.0 Å². The van der Waals surface area contributed by atoms with E-state index in [9.17, 15) is 9.59 Å². The molecule has 1 aliphatic heterocycles. The second kappa shape index (κ2) is 8.45. The Morgan fingerprint density at radius 2 is 2.31 bits per heavy atom. The molecule has 0 spiro atoms. The van der Waals surface area contributed by atoms with Gasteiger partial charge < -0.3 is 19.4 Å². The Morgan fingerprint density at radius 3 is 3.04 bits per heavy atom. The van der Waals surface area contributed by atoms with Gasteiger partial charge in [-0.1, -0.05) is 5.21 Å². The van der Waals surface area contributed by atoms with Crippen LogP contribution in [0, 0.1) is 0 Å². The number of halogens is 1. The Hall–Kier alpha value is -2.20. The van der Waals surface area contributed by atoms with Crippen LogP contribution in [-0.4, -0.2) is 64.6 Å². The number of carbonyl (C=O) groups is 2. The summed E-state index contributed by atoms with van der Waals surface area (Å²) in [6, 6.07) is 3.33. The molecule has 0 aromatic carbocycles. The van der Waals surface area contributed by atoms with Crippen molar-refractivity contribution in [3.05, 3.63) is 34.5 Å². The van der Waals surface area contributed by atoms with Crippen molar-refractivity contribution >= 4 is 27.7 Å². The zero-order chi connectivity index (χ0) is 18.5. The number of likely N-dealkylation sites (tertiary alicyclic amines) is 1. The molecule has 1 N–H and O–H groups in total. The minimum Gasteiger partial charge on any atom is -0.444 e. The summed E-state index contributed by atoms with van der Waals surface area (Å²) in [5, 5.41) is 10.6. The summed E-state index contributed by atoms with van der Waals surface area (Å²) in [6.07, 6.45) is 3.37. The quantitative estimate of drug-likeness (QED) is 0.670. The fourth-order valence-corrected chi connectivity index (χ4v) is 3.23. The number of nitrogens with one attached hydrogen (secondary N) is 1. The first-order valence-corrected chi connectivity index (χ1v) is 9.11. The van der Waals surface area contributed by atoms with Crippen LogP contribution in [0.3, 0.4) is 0 Å². The van der Waals surface area contributed by atoms with Gasteiger partial charge in [0.1, 0.15) is 0 Å². The van der Waals surface area contributed by atoms with Gasteiger partial charge in [-0.05, 0) is 40.9 Å². The van der Waals surface area contributed by atoms with Crippen molar-refractivity contribution in [2.75, 3.05) is 26.8 Å². The first-order chi connectivity index (χ1) is 12.6. The van der Waals surface area contributed by atoms with Crippen LogP contribution < -0.4 is 5.32 Å². The number of methoxy groups -OCH3 is 1. The highest BCUT2D eigenvalue weighted by Gasteiger charge is 2.31. The summed E-state index contributed by atoms with van der Waals surface area (Å²) in [4.78, 5) is 26.4. The van der Waals surface area contributed by atoms with Gasteiger partial charge in [0.05, 0.1) is 25.4 Å². The standard InChI is InChI=1S/C16H20BrN5O4/c1-25-8-6-18-15(23)12-10-21(20-19-12)9-11-3-2-7-22(11)16(24)13-4-5-14(17)26-13/h4-5,10-11H,2-3,6-9H2,1H3,(H,18,23). The Morgan fingerprint density at radius 1 is 1.46 bits per heavy atom. The second-order valence-corrected chi connectivity index (χ2v) is 6.75. The van der Waals surface area contributed by atoms with Gasteiger partial charge in [-0.15, -0.1) is 5.10 Å². The molecule has 10 heteroatoms. The Kier molecular flexibility index (Phi) is 6.04. The molecule has 9 nitrogen and oxygen atoms in total. The van der Waals surface area contributed by atoms with E-state index >= 15 is 0 Å². The maximum atomic E-state index is 12.6. The van der Waals surface area contributed by atoms with Gasteiger partial charge in [-0.25, -0.2) is 4.68 Å². The third-order valence-electron chi connectivity index (χ3n) is 4.18. The Bertz CT molecular complexity index is 774. The highest BCUT2D eigenvalue weighted by atomic mass is 79.9. The van der Waals surface area contributed by atoms with Gasteiger partial charge in [-0.3, -0.25) is 9.59 Å². The monoisotopic (exact) mass is 425 g/mol. The van der Waals surface area contributed by atoms with Gasteiger partial charge in [-0.2, -0.15) is 0 Å². The maximum Gasteiger partial charge on any atom is 0.289 e. The maximum absolute atomic E-state index is 12.6. The molecular weight excluding hydrogens is 406 g/mol. The van der Waals surface area contributed by atoms with Crippen molar-refractivity contribution in [2.24, 2.45) is 0 Å². The van der Waals surface area contributed by atoms with Crippen LogP contribution in [0.25, 0.3) is 0 Å². The number of aromatic nitrogens is 3. The number of hydrogen-bond acceptors (Lipinski definition) is 6. The third kappa shape index (κ3) is 4.31. The van der Waals surface area contributed by atoms with Gasteiger partial charge in [0.25, 0.3) is 11.8 Å². The predicted molar refractivity (Wildman–Crippen MR) is 94.7 cm³/mol. The lowest BCUT2D eigenvalue weighted by Gasteiger charge is -2.23. The van der Waals surface area contributed by atoms with Crippen LogP contribution in [0.4, 0.5) is 0 Å². The molecule has 1 atom stereocenters. The molecule has 0 saturated carbocycles. The van der Waals surface area contributed by atoms with Crippen LogP contribution in [0.2, 0.25) is 0 Å². The topological polar surface area (TPSA) is 102 Å². The van der Waals surface area contributed by atoms with Crippen molar-refractivity contribution in [3.8, 4) is 0 Å². The lowest BCUT2D eigenvalue weighted by molar-refractivity contribution is 0.0687. The molecule has 1 aliphatic rings. The molecule has 2 amide bonds. The van der Waals surface area contributed by atoms with Crippen molar-refractivity contribution in [1.29, 1.82) is 0 Å². The zero-order valence-electron chi connectivity index (χ0n) is 14.4. The molecule has 1 saturated heterocycles. The summed E-state index contributed by atoms with van der Waals surface area (Å²) in [5.74, 6) is -0.135. The van der Waals surface area contributed by atoms with Crippen molar-refractivity contribution < 1.29 is 18.7 Å². The highest BCUT2D eigenvalue weighted by Crippen LogP contribution is 2.23. The Labute approximate surface area is 158 Å². The largest absolute Gasteiger partial charge is 0.444 e. The average Bonchev–Trinajstić information content (AvgIpc) is 3.36. The lowest BCUT2D eigenvalue weighted by atomic mass is 10.2. The first kappa shape index (κ1) is 18.6. The minimum absolute atomic E-state index is 0.0162. The summed E-state index contributed by atoms with van der Waals surface area (Å²) >= 11 is 3.21. The molecule has 2 aromatic heterocycles. The molecule has 0 radical (unpaired) electrons. The zero-order valence-corrected chi connectivity index (χ0v) is 15.9. The Balaban J connectivity index is 1.61. The lowest BCUT2D eigenvalue weighted by Crippen LogP contribution is -2.38. The number of amides is 2. The summed E-state index contributed by atoms with van der Waals surface area (Å²) in [5.41, 5.74) is 0.243. The second-order valence-electron chi connectivity index (χ2n) is 5.97. The van der Waals surface area contributed by atoms with Crippen LogP contribution in [-0.2, 0) is 11.3 Å². The normalized spacial score (nSPS) is 16.8. The van der Waals surface area contributed by atoms with E-state index in [1.807, 2.05) is 0 Å². The number of furan rings is 1. The number of ether oxygens (including phenoxy) is 1. The highest BCUT2D eigenvalue weighted by molar-refractivity contribution is 9.10. The molecule has 26 heavy (non-hydrogen) atoms. The molecule has 140 valence electrons. The van der Waals surface area contributed by atoms with Crippen molar-refractivity contribution in [1.82, 2.24) is 25.2 Å². The molecular formula is C16H20BrN5O4. The molecule has 2 aromatic rings. The van der Waals surface area contributed by atoms with Gasteiger partial charge in [0.2, 0.25) is 0 Å². The summed E-state index contributed by atoms with van der Waals surface area (Å²) < 4.78 is 12.4. The molecule has 0 bridgehead atoms. The van der Waals surface area contributed by atoms with Crippen LogP contribution in [0.15, 0.2) is 27.4 Å². The van der Waals surface area contributed by atoms with E-state index < -0.39 is 0 Å². The van der Waals surface area contributed by atoms with E-state index in [4.69, 9.17) is 9.15 Å². The average molecular weight is 426 g/mol. The van der Waals surface area contributed by atoms with E-state index in [0.29, 0.717) is 36.7 Å². The number of nitrogens with zero attached hydrogens (tertiary/aromatic N) is 4. The van der Waals surface area contributed by atoms with E-state index in [1.165, 1.54) is 0 Å². The van der Waals surface area contributed by atoms with Crippen LogP contribution >= 0.6 is 15.9 Å². The fraction of sp³-hybridized carbons (Fsp3) is 0.500. The molecule has 0 aliphatic carbocycles. The van der Waals surface area contributed by atoms with E-state index in [0.717, 1.165) is 12.8 Å². The SMILES string of the molecule is COCCNC(=O)c1cn(CC2CCCN2C(=O)c2ccc(Br)o2)nn1. The molecule has 3 heterocycles. The van der Waals surface area contributed by atoms with Crippen molar-refractivity contribution in [3.63, 3.8) is 0 Å². The first-order valence-electron chi connectivity index (χ1n) is 8.32. The van der Waals surface area contributed by atoms with Gasteiger partial charge in [0.15, 0.2) is 16.1 Å². The van der Waals surface area contributed by atoms with Crippen LogP contribution in [0.5, 0.6) is 0 Å². The number of hydrogen-bond donors (Lipinski definition) is 1. The van der Waals surface area contributed by atoms with E-state index in [2.05, 4.69) is 31.6 Å². The van der Waals surface area contributed by atoms with Gasteiger partial charge in [0, 0.05) is 20.2 Å². The van der Waals surface area contributed by atoms with Crippen LogP contribution in [0.1, 0.15) is 33.9 Å². The summed E-state index contributed by atoms with van der Waals surface area (Å²) in [7, 11) is 1.57. The molecule has 1 fully saturated rings.